The molecule has 2 N–H and O–H groups in total. The summed E-state index contributed by atoms with van der Waals surface area (Å²) in [7, 11) is 3.45. The Morgan fingerprint density at radius 1 is 1.18 bits per heavy atom. The largest absolute Gasteiger partial charge is 0.386 e. The zero-order valence-electron chi connectivity index (χ0n) is 6.61. The van der Waals surface area contributed by atoms with Gasteiger partial charge in [-0.05, 0) is 12.1 Å². The Labute approximate surface area is 65.4 Å². The molecule has 0 radical (unpaired) electrons. The van der Waals surface area contributed by atoms with Crippen LogP contribution in [0.2, 0.25) is 0 Å². The molecule has 0 unspecified atom stereocenters. The molecule has 0 aliphatic carbocycles. The van der Waals surface area contributed by atoms with Gasteiger partial charge in [0.05, 0.1) is 11.4 Å². The fourth-order valence-corrected chi connectivity index (χ4v) is 0.987. The van der Waals surface area contributed by atoms with E-state index in [1.54, 1.807) is 20.2 Å². The Morgan fingerprint density at radius 3 is 2.36 bits per heavy atom. The maximum absolute atomic E-state index is 12.9. The molecule has 0 amide bonds. The standard InChI is InChI=1S/C8H11FN2/c1-10-7-5-3-4-6(9)8(7)11-2/h3-5,10-11H,1-2H3. The molecule has 2 nitrogen and oxygen atoms in total. The van der Waals surface area contributed by atoms with Crippen molar-refractivity contribution in [3.63, 3.8) is 0 Å². The summed E-state index contributed by atoms with van der Waals surface area (Å²) in [5, 5.41) is 5.66. The van der Waals surface area contributed by atoms with Crippen LogP contribution < -0.4 is 10.6 Å². The molecule has 0 spiro atoms. The van der Waals surface area contributed by atoms with Gasteiger partial charge >= 0.3 is 0 Å². The van der Waals surface area contributed by atoms with Gasteiger partial charge < -0.3 is 10.6 Å². The van der Waals surface area contributed by atoms with Gasteiger partial charge in [-0.2, -0.15) is 0 Å². The molecule has 0 saturated heterocycles. The molecule has 60 valence electrons. The van der Waals surface area contributed by atoms with Gasteiger partial charge in [0.25, 0.3) is 0 Å². The number of hydrogen-bond donors (Lipinski definition) is 2. The maximum atomic E-state index is 12.9. The lowest BCUT2D eigenvalue weighted by atomic mass is 10.2. The SMILES string of the molecule is CNc1cccc(F)c1NC. The molecule has 1 aromatic rings. The van der Waals surface area contributed by atoms with Crippen LogP contribution in [-0.4, -0.2) is 14.1 Å². The lowest BCUT2D eigenvalue weighted by Gasteiger charge is -2.08. The van der Waals surface area contributed by atoms with E-state index in [2.05, 4.69) is 10.6 Å². The molecular weight excluding hydrogens is 143 g/mol. The second kappa shape index (κ2) is 3.23. The first-order valence-corrected chi connectivity index (χ1v) is 3.43. The van der Waals surface area contributed by atoms with E-state index in [1.807, 2.05) is 6.07 Å². The zero-order valence-corrected chi connectivity index (χ0v) is 6.61. The second-order valence-corrected chi connectivity index (χ2v) is 2.16. The van der Waals surface area contributed by atoms with Crippen LogP contribution >= 0.6 is 0 Å². The molecule has 0 aliphatic rings. The van der Waals surface area contributed by atoms with Gasteiger partial charge in [-0.1, -0.05) is 6.07 Å². The summed E-state index contributed by atoms with van der Waals surface area (Å²) < 4.78 is 12.9. The van der Waals surface area contributed by atoms with Gasteiger partial charge in [0.2, 0.25) is 0 Å². The second-order valence-electron chi connectivity index (χ2n) is 2.16. The Kier molecular flexibility index (Phi) is 2.31. The minimum atomic E-state index is -0.237. The molecular formula is C8H11FN2. The van der Waals surface area contributed by atoms with Crippen molar-refractivity contribution in [1.82, 2.24) is 0 Å². The van der Waals surface area contributed by atoms with E-state index in [0.29, 0.717) is 5.69 Å². The topological polar surface area (TPSA) is 24.1 Å². The van der Waals surface area contributed by atoms with Crippen molar-refractivity contribution in [3.8, 4) is 0 Å². The van der Waals surface area contributed by atoms with Crippen molar-refractivity contribution < 1.29 is 4.39 Å². The molecule has 3 heteroatoms. The maximum Gasteiger partial charge on any atom is 0.148 e. The number of benzene rings is 1. The first-order valence-electron chi connectivity index (χ1n) is 3.43. The third-order valence-corrected chi connectivity index (χ3v) is 1.53. The number of para-hydroxylation sites is 1. The van der Waals surface area contributed by atoms with E-state index in [0.717, 1.165) is 5.69 Å². The highest BCUT2D eigenvalue weighted by atomic mass is 19.1. The average molecular weight is 154 g/mol. The van der Waals surface area contributed by atoms with E-state index in [-0.39, 0.29) is 5.82 Å². The lowest BCUT2D eigenvalue weighted by molar-refractivity contribution is 0.632. The van der Waals surface area contributed by atoms with Crippen LogP contribution in [0.15, 0.2) is 18.2 Å². The molecule has 0 aromatic heterocycles. The van der Waals surface area contributed by atoms with E-state index in [1.165, 1.54) is 6.07 Å². The predicted octanol–water partition coefficient (Wildman–Crippen LogP) is 1.91. The first-order chi connectivity index (χ1) is 5.29. The quantitative estimate of drug-likeness (QED) is 0.680. The fraction of sp³-hybridized carbons (Fsp3) is 0.250. The smallest absolute Gasteiger partial charge is 0.148 e. The van der Waals surface area contributed by atoms with Crippen LogP contribution in [0.1, 0.15) is 0 Å². The van der Waals surface area contributed by atoms with E-state index >= 15 is 0 Å². The number of nitrogens with one attached hydrogen (secondary N) is 2. The molecule has 1 rings (SSSR count). The molecule has 0 saturated carbocycles. The van der Waals surface area contributed by atoms with Gasteiger partial charge in [0.15, 0.2) is 0 Å². The summed E-state index contributed by atoms with van der Waals surface area (Å²) in [6, 6.07) is 4.91. The molecule has 1 aromatic carbocycles. The van der Waals surface area contributed by atoms with Crippen LogP contribution in [0.3, 0.4) is 0 Å². The van der Waals surface area contributed by atoms with Gasteiger partial charge in [0, 0.05) is 14.1 Å². The van der Waals surface area contributed by atoms with E-state index in [4.69, 9.17) is 0 Å². The summed E-state index contributed by atoms with van der Waals surface area (Å²) in [6.45, 7) is 0. The molecule has 11 heavy (non-hydrogen) atoms. The van der Waals surface area contributed by atoms with E-state index < -0.39 is 0 Å². The Morgan fingerprint density at radius 2 is 1.91 bits per heavy atom. The molecule has 0 atom stereocenters. The summed E-state index contributed by atoms with van der Waals surface area (Å²) in [5.74, 6) is -0.237. The van der Waals surface area contributed by atoms with Gasteiger partial charge in [-0.25, -0.2) is 4.39 Å². The van der Waals surface area contributed by atoms with Crippen molar-refractivity contribution in [2.45, 2.75) is 0 Å². The van der Waals surface area contributed by atoms with Crippen LogP contribution in [0, 0.1) is 5.82 Å². The highest BCUT2D eigenvalue weighted by molar-refractivity contribution is 5.68. The summed E-state index contributed by atoms with van der Waals surface area (Å²) >= 11 is 0. The highest BCUT2D eigenvalue weighted by Crippen LogP contribution is 2.23. The number of rotatable bonds is 2. The van der Waals surface area contributed by atoms with Crippen LogP contribution in [0.4, 0.5) is 15.8 Å². The minimum absolute atomic E-state index is 0.237. The normalized spacial score (nSPS) is 9.36. The highest BCUT2D eigenvalue weighted by Gasteiger charge is 2.02. The van der Waals surface area contributed by atoms with Crippen LogP contribution in [-0.2, 0) is 0 Å². The Balaban J connectivity index is 3.13. The summed E-state index contributed by atoms with van der Waals surface area (Å²) in [5.41, 5.74) is 1.28. The van der Waals surface area contributed by atoms with Crippen LogP contribution in [0.25, 0.3) is 0 Å². The first kappa shape index (κ1) is 7.85. The van der Waals surface area contributed by atoms with Crippen molar-refractivity contribution in [3.05, 3.63) is 24.0 Å². The van der Waals surface area contributed by atoms with Crippen LogP contribution in [0.5, 0.6) is 0 Å². The van der Waals surface area contributed by atoms with Crippen molar-refractivity contribution in [2.75, 3.05) is 24.7 Å². The minimum Gasteiger partial charge on any atom is -0.386 e. The summed E-state index contributed by atoms with van der Waals surface area (Å²) in [4.78, 5) is 0. The number of hydrogen-bond acceptors (Lipinski definition) is 2. The van der Waals surface area contributed by atoms with Gasteiger partial charge in [-0.3, -0.25) is 0 Å². The number of anilines is 2. The third kappa shape index (κ3) is 1.42. The van der Waals surface area contributed by atoms with Crippen molar-refractivity contribution in [1.29, 1.82) is 0 Å². The molecule has 0 bridgehead atoms. The lowest BCUT2D eigenvalue weighted by Crippen LogP contribution is -1.98. The average Bonchev–Trinajstić information content (AvgIpc) is 2.04. The Hall–Kier alpha value is -1.25. The van der Waals surface area contributed by atoms with Crippen molar-refractivity contribution >= 4 is 11.4 Å². The molecule has 0 heterocycles. The Bertz CT molecular complexity index is 248. The van der Waals surface area contributed by atoms with Gasteiger partial charge in [0.1, 0.15) is 5.82 Å². The monoisotopic (exact) mass is 154 g/mol. The zero-order chi connectivity index (χ0) is 8.27. The number of halogens is 1. The molecule has 0 fully saturated rings. The van der Waals surface area contributed by atoms with Crippen molar-refractivity contribution in [2.24, 2.45) is 0 Å². The predicted molar refractivity (Wildman–Crippen MR) is 45.5 cm³/mol. The summed E-state index contributed by atoms with van der Waals surface area (Å²) in [6.07, 6.45) is 0. The molecule has 0 aliphatic heterocycles. The third-order valence-electron chi connectivity index (χ3n) is 1.53. The fourth-order valence-electron chi connectivity index (χ4n) is 0.987. The van der Waals surface area contributed by atoms with E-state index in [9.17, 15) is 4.39 Å². The van der Waals surface area contributed by atoms with Gasteiger partial charge in [-0.15, -0.1) is 0 Å².